The minimum atomic E-state index is -0.309. The van der Waals surface area contributed by atoms with Gasteiger partial charge in [-0.2, -0.15) is 0 Å². The van der Waals surface area contributed by atoms with E-state index in [-0.39, 0.29) is 5.97 Å². The Morgan fingerprint density at radius 2 is 1.53 bits per heavy atom. The van der Waals surface area contributed by atoms with Gasteiger partial charge < -0.3 is 9.15 Å². The van der Waals surface area contributed by atoms with Crippen LogP contribution in [-0.4, -0.2) is 11.0 Å². The van der Waals surface area contributed by atoms with E-state index in [9.17, 15) is 4.79 Å². The van der Waals surface area contributed by atoms with Crippen LogP contribution in [0.1, 0.15) is 44.1 Å². The molecule has 1 aliphatic carbocycles. The fraction of sp³-hybridized carbons (Fsp3) is 0.200. The molecule has 4 aromatic rings. The summed E-state index contributed by atoms with van der Waals surface area (Å²) in [6.45, 7) is 1.43. The summed E-state index contributed by atoms with van der Waals surface area (Å²) in [4.78, 5) is 16.4. The van der Waals surface area contributed by atoms with Gasteiger partial charge in [0.25, 0.3) is 0 Å². The van der Waals surface area contributed by atoms with Crippen molar-refractivity contribution < 1.29 is 13.9 Å². The average Bonchev–Trinajstić information content (AvgIpc) is 3.29. The van der Waals surface area contributed by atoms with Crippen LogP contribution >= 0.6 is 0 Å². The van der Waals surface area contributed by atoms with Gasteiger partial charge in [-0.1, -0.05) is 78.4 Å². The summed E-state index contributed by atoms with van der Waals surface area (Å²) in [5.41, 5.74) is 6.69. The van der Waals surface area contributed by atoms with E-state index >= 15 is 0 Å². The predicted molar refractivity (Wildman–Crippen MR) is 134 cm³/mol. The van der Waals surface area contributed by atoms with Crippen LogP contribution in [0.3, 0.4) is 0 Å². The topological polar surface area (TPSA) is 52.3 Å². The quantitative estimate of drug-likeness (QED) is 0.226. The Bertz CT molecular complexity index is 1260. The molecule has 0 spiro atoms. The molecule has 0 amide bonds. The van der Waals surface area contributed by atoms with Crippen molar-refractivity contribution >= 4 is 11.5 Å². The zero-order valence-electron chi connectivity index (χ0n) is 19.3. The maximum absolute atomic E-state index is 11.4. The largest absolute Gasteiger partial charge is 0.440 e. The molecular weight excluding hydrogens is 422 g/mol. The minimum Gasteiger partial charge on any atom is -0.440 e. The van der Waals surface area contributed by atoms with Gasteiger partial charge in [0.05, 0.1) is 0 Å². The predicted octanol–water partition coefficient (Wildman–Crippen LogP) is 7.50. The van der Waals surface area contributed by atoms with Crippen LogP contribution in [0.4, 0.5) is 0 Å². The second kappa shape index (κ2) is 9.92. The molecule has 0 unspecified atom stereocenters. The van der Waals surface area contributed by atoms with Crippen LogP contribution in [-0.2, 0) is 11.2 Å². The van der Waals surface area contributed by atoms with Crippen LogP contribution in [0, 0.1) is 0 Å². The second-order valence-electron chi connectivity index (χ2n) is 8.60. The van der Waals surface area contributed by atoms with Crippen molar-refractivity contribution in [3.05, 3.63) is 102 Å². The number of nitrogens with zero attached hydrogens (tertiary/aromatic N) is 1. The summed E-state index contributed by atoms with van der Waals surface area (Å²) < 4.78 is 11.7. The van der Waals surface area contributed by atoms with Crippen molar-refractivity contribution in [3.8, 4) is 28.3 Å². The molecule has 0 saturated heterocycles. The van der Waals surface area contributed by atoms with Gasteiger partial charge in [-0.05, 0) is 49.0 Å². The number of oxazole rings is 1. The lowest BCUT2D eigenvalue weighted by Crippen LogP contribution is -2.04. The SMILES string of the molecule is CC(=O)Oc1cccc(C2=C(Cc3nc(-c4ccccc4)c(-c4ccccc4)o3)CCCC2)c1. The van der Waals surface area contributed by atoms with Crippen molar-refractivity contribution in [3.63, 3.8) is 0 Å². The molecule has 0 N–H and O–H groups in total. The monoisotopic (exact) mass is 449 g/mol. The lowest BCUT2D eigenvalue weighted by atomic mass is 9.86. The Balaban J connectivity index is 1.53. The third-order valence-electron chi connectivity index (χ3n) is 6.15. The summed E-state index contributed by atoms with van der Waals surface area (Å²) in [5, 5.41) is 0. The number of carbonyl (C=O) groups is 1. The standard InChI is InChI=1S/C30H27NO3/c1-21(32)33-26-17-10-16-24(19-26)27-18-9-8-15-25(27)20-28-31-29(22-11-4-2-5-12-22)30(34-28)23-13-6-3-7-14-23/h2-7,10-14,16-17,19H,8-9,15,18,20H2,1H3. The van der Waals surface area contributed by atoms with E-state index < -0.39 is 0 Å². The number of allylic oxidation sites excluding steroid dienone is 2. The highest BCUT2D eigenvalue weighted by molar-refractivity contribution is 5.77. The first kappa shape index (κ1) is 21.9. The first-order valence-corrected chi connectivity index (χ1v) is 11.8. The van der Waals surface area contributed by atoms with Crippen LogP contribution < -0.4 is 4.74 Å². The lowest BCUT2D eigenvalue weighted by molar-refractivity contribution is -0.131. The summed E-state index contributed by atoms with van der Waals surface area (Å²) >= 11 is 0. The molecule has 0 radical (unpaired) electrons. The molecular formula is C30H27NO3. The molecule has 1 heterocycles. The molecule has 0 fully saturated rings. The Kier molecular flexibility index (Phi) is 6.39. The number of hydrogen-bond donors (Lipinski definition) is 0. The highest BCUT2D eigenvalue weighted by atomic mass is 16.5. The van der Waals surface area contributed by atoms with Gasteiger partial charge in [0.2, 0.25) is 0 Å². The van der Waals surface area contributed by atoms with Gasteiger partial charge >= 0.3 is 5.97 Å². The number of benzene rings is 3. The fourth-order valence-electron chi connectivity index (χ4n) is 4.62. The smallest absolute Gasteiger partial charge is 0.308 e. The molecule has 0 bridgehead atoms. The molecule has 170 valence electrons. The molecule has 34 heavy (non-hydrogen) atoms. The van der Waals surface area contributed by atoms with E-state index in [1.807, 2.05) is 54.6 Å². The van der Waals surface area contributed by atoms with E-state index in [1.54, 1.807) is 0 Å². The summed E-state index contributed by atoms with van der Waals surface area (Å²) in [5.74, 6) is 1.80. The van der Waals surface area contributed by atoms with Crippen LogP contribution in [0.2, 0.25) is 0 Å². The van der Waals surface area contributed by atoms with Crippen molar-refractivity contribution in [2.45, 2.75) is 39.0 Å². The van der Waals surface area contributed by atoms with E-state index in [0.717, 1.165) is 59.7 Å². The molecule has 1 aliphatic rings. The van der Waals surface area contributed by atoms with E-state index in [0.29, 0.717) is 12.2 Å². The highest BCUT2D eigenvalue weighted by Gasteiger charge is 2.21. The summed E-state index contributed by atoms with van der Waals surface area (Å²) in [6, 6.07) is 28.2. The molecule has 4 nitrogen and oxygen atoms in total. The van der Waals surface area contributed by atoms with Gasteiger partial charge in [-0.3, -0.25) is 4.79 Å². The van der Waals surface area contributed by atoms with Crippen LogP contribution in [0.15, 0.2) is 94.9 Å². The van der Waals surface area contributed by atoms with Crippen molar-refractivity contribution in [1.82, 2.24) is 4.98 Å². The van der Waals surface area contributed by atoms with Gasteiger partial charge in [-0.15, -0.1) is 0 Å². The molecule has 0 atom stereocenters. The number of rotatable bonds is 6. The van der Waals surface area contributed by atoms with Gasteiger partial charge in [0.15, 0.2) is 11.7 Å². The molecule has 0 aliphatic heterocycles. The molecule has 4 heteroatoms. The number of esters is 1. The fourth-order valence-corrected chi connectivity index (χ4v) is 4.62. The average molecular weight is 450 g/mol. The van der Waals surface area contributed by atoms with E-state index in [2.05, 4.69) is 30.3 Å². The zero-order chi connectivity index (χ0) is 23.3. The maximum atomic E-state index is 11.4. The Morgan fingerprint density at radius 3 is 2.26 bits per heavy atom. The number of carbonyl (C=O) groups excluding carboxylic acids is 1. The highest BCUT2D eigenvalue weighted by Crippen LogP contribution is 2.38. The second-order valence-corrected chi connectivity index (χ2v) is 8.60. The molecule has 1 aromatic heterocycles. The van der Waals surface area contributed by atoms with E-state index in [4.69, 9.17) is 14.1 Å². The number of aromatic nitrogens is 1. The summed E-state index contributed by atoms with van der Waals surface area (Å²) in [7, 11) is 0. The first-order chi connectivity index (χ1) is 16.7. The Labute approximate surface area is 199 Å². The van der Waals surface area contributed by atoms with E-state index in [1.165, 1.54) is 18.1 Å². The van der Waals surface area contributed by atoms with Gasteiger partial charge in [0, 0.05) is 24.5 Å². The van der Waals surface area contributed by atoms with Crippen molar-refractivity contribution in [2.75, 3.05) is 0 Å². The zero-order valence-corrected chi connectivity index (χ0v) is 19.3. The number of hydrogen-bond acceptors (Lipinski definition) is 4. The molecule has 0 saturated carbocycles. The van der Waals surface area contributed by atoms with Crippen LogP contribution in [0.5, 0.6) is 5.75 Å². The first-order valence-electron chi connectivity index (χ1n) is 11.8. The third kappa shape index (κ3) is 4.86. The Hall–Kier alpha value is -3.92. The lowest BCUT2D eigenvalue weighted by Gasteiger charge is -2.20. The Morgan fingerprint density at radius 1 is 0.853 bits per heavy atom. The van der Waals surface area contributed by atoms with Crippen molar-refractivity contribution in [2.24, 2.45) is 0 Å². The number of ether oxygens (including phenoxy) is 1. The third-order valence-corrected chi connectivity index (χ3v) is 6.15. The van der Waals surface area contributed by atoms with Gasteiger partial charge in [-0.25, -0.2) is 4.98 Å². The maximum Gasteiger partial charge on any atom is 0.308 e. The van der Waals surface area contributed by atoms with Crippen LogP contribution in [0.25, 0.3) is 28.2 Å². The molecule has 3 aromatic carbocycles. The van der Waals surface area contributed by atoms with Crippen molar-refractivity contribution in [1.29, 1.82) is 0 Å². The minimum absolute atomic E-state index is 0.309. The molecule has 5 rings (SSSR count). The normalized spacial score (nSPS) is 13.7. The van der Waals surface area contributed by atoms with Gasteiger partial charge in [0.1, 0.15) is 11.4 Å². The summed E-state index contributed by atoms with van der Waals surface area (Å²) in [6.07, 6.45) is 4.97.